The van der Waals surface area contributed by atoms with Crippen LogP contribution in [0, 0.1) is 12.8 Å². The molecular formula is C13H15N5O4S. The van der Waals surface area contributed by atoms with Crippen molar-refractivity contribution >= 4 is 29.8 Å². The van der Waals surface area contributed by atoms with Crippen molar-refractivity contribution in [2.45, 2.75) is 32.4 Å². The highest BCUT2D eigenvalue weighted by molar-refractivity contribution is 8.06. The van der Waals surface area contributed by atoms with Crippen LogP contribution in [0.4, 0.5) is 0 Å². The number of carboxylic acid groups (broad SMARTS) is 1. The summed E-state index contributed by atoms with van der Waals surface area (Å²) in [6.45, 7) is 3.29. The van der Waals surface area contributed by atoms with Crippen molar-refractivity contribution in [3.63, 3.8) is 0 Å². The minimum Gasteiger partial charge on any atom is -0.477 e. The topological polar surface area (TPSA) is 121 Å². The van der Waals surface area contributed by atoms with Crippen LogP contribution in [0.1, 0.15) is 19.2 Å². The lowest BCUT2D eigenvalue weighted by Gasteiger charge is -2.44. The van der Waals surface area contributed by atoms with E-state index >= 15 is 0 Å². The minimum atomic E-state index is -1.14. The van der Waals surface area contributed by atoms with Gasteiger partial charge in [0.15, 0.2) is 5.82 Å². The van der Waals surface area contributed by atoms with Crippen LogP contribution < -0.4 is 0 Å². The molecule has 23 heavy (non-hydrogen) atoms. The summed E-state index contributed by atoms with van der Waals surface area (Å²) in [6, 6.07) is -0.278. The summed E-state index contributed by atoms with van der Waals surface area (Å²) in [5.41, 5.74) is -0.0000118. The van der Waals surface area contributed by atoms with Crippen LogP contribution in [0.2, 0.25) is 0 Å². The first-order valence-corrected chi connectivity index (χ1v) is 7.85. The second-order valence-corrected chi connectivity index (χ2v) is 6.40. The van der Waals surface area contributed by atoms with Gasteiger partial charge in [0, 0.05) is 17.5 Å². The number of hydrogen-bond donors (Lipinski definition) is 2. The van der Waals surface area contributed by atoms with Gasteiger partial charge in [-0.15, -0.1) is 5.10 Å². The number of rotatable bonds is 5. The van der Waals surface area contributed by atoms with Crippen molar-refractivity contribution < 1.29 is 19.8 Å². The first-order valence-electron chi connectivity index (χ1n) is 6.97. The number of carbonyl (C=O) groups is 2. The van der Waals surface area contributed by atoms with E-state index in [4.69, 9.17) is 0 Å². The molecule has 0 saturated carbocycles. The number of aliphatic hydroxyl groups excluding tert-OH is 1. The van der Waals surface area contributed by atoms with Gasteiger partial charge in [-0.3, -0.25) is 4.79 Å². The Morgan fingerprint density at radius 2 is 2.26 bits per heavy atom. The van der Waals surface area contributed by atoms with E-state index < -0.39 is 18.0 Å². The van der Waals surface area contributed by atoms with E-state index in [9.17, 15) is 19.8 Å². The summed E-state index contributed by atoms with van der Waals surface area (Å²) in [7, 11) is 0. The molecule has 122 valence electrons. The molecule has 3 rings (SSSR count). The Morgan fingerprint density at radius 1 is 1.52 bits per heavy atom. The average molecular weight is 337 g/mol. The first kappa shape index (κ1) is 15.7. The number of tetrazole rings is 1. The zero-order valence-corrected chi connectivity index (χ0v) is 13.3. The fourth-order valence-electron chi connectivity index (χ4n) is 2.88. The van der Waals surface area contributed by atoms with Crippen molar-refractivity contribution in [2.24, 2.45) is 5.92 Å². The van der Waals surface area contributed by atoms with E-state index in [2.05, 4.69) is 15.5 Å². The van der Waals surface area contributed by atoms with Crippen molar-refractivity contribution in [3.8, 4) is 0 Å². The van der Waals surface area contributed by atoms with E-state index in [1.165, 1.54) is 21.3 Å². The van der Waals surface area contributed by atoms with Gasteiger partial charge in [-0.1, -0.05) is 11.8 Å². The average Bonchev–Trinajstić information content (AvgIpc) is 3.01. The van der Waals surface area contributed by atoms with Crippen LogP contribution >= 0.6 is 11.8 Å². The zero-order chi connectivity index (χ0) is 16.7. The third-order valence-corrected chi connectivity index (χ3v) is 4.86. The molecule has 0 spiro atoms. The zero-order valence-electron chi connectivity index (χ0n) is 12.4. The Morgan fingerprint density at radius 3 is 2.83 bits per heavy atom. The van der Waals surface area contributed by atoms with Gasteiger partial charge in [0.1, 0.15) is 5.70 Å². The summed E-state index contributed by atoms with van der Waals surface area (Å²) in [6.07, 6.45) is 1.25. The molecule has 1 saturated heterocycles. The lowest BCUT2D eigenvalue weighted by molar-refractivity contribution is -0.161. The predicted octanol–water partition coefficient (Wildman–Crippen LogP) is 0.0506. The number of β-lactam (4-membered cyclic amide) rings is 1. The van der Waals surface area contributed by atoms with Gasteiger partial charge >= 0.3 is 5.97 Å². The van der Waals surface area contributed by atoms with Crippen LogP contribution in [0.25, 0.3) is 6.20 Å². The minimum absolute atomic E-state index is 0.0000118. The maximum atomic E-state index is 12.1. The molecule has 1 fully saturated rings. The molecular weight excluding hydrogens is 322 g/mol. The molecule has 1 aromatic heterocycles. The number of nitrogens with zero attached hydrogens (tertiary/aromatic N) is 5. The first-order chi connectivity index (χ1) is 10.9. The molecule has 0 aliphatic carbocycles. The Kier molecular flexibility index (Phi) is 3.94. The number of aliphatic carboxylic acids is 1. The van der Waals surface area contributed by atoms with Gasteiger partial charge in [-0.05, 0) is 29.7 Å². The maximum Gasteiger partial charge on any atom is 0.353 e. The monoisotopic (exact) mass is 337 g/mol. The summed E-state index contributed by atoms with van der Waals surface area (Å²) >= 11 is 1.22. The SMILES string of the molecule is Cc1nnnn1C=CSC1=C(C(=O)O)N2C(=O)C(C(C)O)C2C1. The number of fused-ring (bicyclic) bond motifs is 1. The van der Waals surface area contributed by atoms with Crippen LogP contribution in [0.15, 0.2) is 16.0 Å². The Bertz CT molecular complexity index is 726. The van der Waals surface area contributed by atoms with Crippen LogP contribution in [0.5, 0.6) is 0 Å². The summed E-state index contributed by atoms with van der Waals surface area (Å²) in [5.74, 6) is -1.40. The number of aliphatic hydroxyl groups is 1. The lowest BCUT2D eigenvalue weighted by Crippen LogP contribution is -2.61. The second-order valence-electron chi connectivity index (χ2n) is 5.40. The highest BCUT2D eigenvalue weighted by Gasteiger charge is 2.56. The highest BCUT2D eigenvalue weighted by atomic mass is 32.2. The van der Waals surface area contributed by atoms with Crippen molar-refractivity contribution in [2.75, 3.05) is 0 Å². The van der Waals surface area contributed by atoms with Crippen molar-refractivity contribution in [3.05, 3.63) is 21.8 Å². The van der Waals surface area contributed by atoms with Gasteiger partial charge in [-0.2, -0.15) is 0 Å². The van der Waals surface area contributed by atoms with Gasteiger partial charge in [0.25, 0.3) is 0 Å². The molecule has 0 radical (unpaired) electrons. The number of aryl methyl sites for hydroxylation is 1. The molecule has 0 aromatic carbocycles. The van der Waals surface area contributed by atoms with Gasteiger partial charge in [0.2, 0.25) is 5.91 Å². The van der Waals surface area contributed by atoms with Crippen molar-refractivity contribution in [1.82, 2.24) is 25.1 Å². The number of carbonyl (C=O) groups excluding carboxylic acids is 1. The van der Waals surface area contributed by atoms with Crippen molar-refractivity contribution in [1.29, 1.82) is 0 Å². The number of amides is 1. The standard InChI is InChI=1S/C13H15N5O4S/c1-6(19)10-8-5-9(11(13(21)22)18(8)12(10)20)23-4-3-17-7(2)14-15-16-17/h3-4,6,8,10,19H,5H2,1-2H3,(H,21,22). The molecule has 1 aromatic rings. The quantitative estimate of drug-likeness (QED) is 0.723. The molecule has 1 amide bonds. The molecule has 3 unspecified atom stereocenters. The van der Waals surface area contributed by atoms with E-state index in [0.717, 1.165) is 0 Å². The fourth-order valence-corrected chi connectivity index (χ4v) is 3.79. The van der Waals surface area contributed by atoms with E-state index in [0.29, 0.717) is 17.2 Å². The van der Waals surface area contributed by atoms with Crippen LogP contribution in [-0.2, 0) is 9.59 Å². The summed E-state index contributed by atoms with van der Waals surface area (Å²) in [5, 5.41) is 31.7. The normalized spacial score (nSPS) is 25.0. The third kappa shape index (κ3) is 2.53. The van der Waals surface area contributed by atoms with E-state index in [1.807, 2.05) is 0 Å². The van der Waals surface area contributed by atoms with E-state index in [-0.39, 0.29) is 17.6 Å². The molecule has 2 aliphatic heterocycles. The summed E-state index contributed by atoms with van der Waals surface area (Å²) in [4.78, 5) is 25.4. The number of thioether (sulfide) groups is 1. The molecule has 0 bridgehead atoms. The highest BCUT2D eigenvalue weighted by Crippen LogP contribution is 2.47. The molecule has 2 aliphatic rings. The van der Waals surface area contributed by atoms with Gasteiger partial charge in [0.05, 0.1) is 18.1 Å². The molecule has 3 atom stereocenters. The predicted molar refractivity (Wildman–Crippen MR) is 80.6 cm³/mol. The molecule has 2 N–H and O–H groups in total. The van der Waals surface area contributed by atoms with Gasteiger partial charge < -0.3 is 15.1 Å². The molecule has 10 heteroatoms. The number of aromatic nitrogens is 4. The largest absolute Gasteiger partial charge is 0.477 e. The molecule has 3 heterocycles. The fraction of sp³-hybridized carbons (Fsp3) is 0.462. The Labute approximate surface area is 135 Å². The third-order valence-electron chi connectivity index (χ3n) is 3.96. The van der Waals surface area contributed by atoms with Crippen LogP contribution in [-0.4, -0.2) is 59.3 Å². The Balaban J connectivity index is 1.79. The lowest BCUT2D eigenvalue weighted by atomic mass is 9.83. The van der Waals surface area contributed by atoms with E-state index in [1.54, 1.807) is 25.5 Å². The number of carboxylic acids is 1. The number of hydrogen-bond acceptors (Lipinski definition) is 7. The molecule has 9 nitrogen and oxygen atoms in total. The second kappa shape index (κ2) is 5.78. The maximum absolute atomic E-state index is 12.1. The Hall–Kier alpha value is -2.20. The summed E-state index contributed by atoms with van der Waals surface area (Å²) < 4.78 is 1.46. The smallest absolute Gasteiger partial charge is 0.353 e. The van der Waals surface area contributed by atoms with Gasteiger partial charge in [-0.25, -0.2) is 9.48 Å². The van der Waals surface area contributed by atoms with Crippen LogP contribution in [0.3, 0.4) is 0 Å².